The van der Waals surface area contributed by atoms with Crippen LogP contribution in [0.2, 0.25) is 0 Å². The Morgan fingerprint density at radius 3 is 2.61 bits per heavy atom. The van der Waals surface area contributed by atoms with E-state index in [0.29, 0.717) is 6.04 Å². The van der Waals surface area contributed by atoms with Crippen molar-refractivity contribution in [2.45, 2.75) is 64.5 Å². The summed E-state index contributed by atoms with van der Waals surface area (Å²) in [6.45, 7) is 6.79. The number of nitrogens with one attached hydrogen (secondary N) is 1. The minimum absolute atomic E-state index is 0.0145. The Labute approximate surface area is 111 Å². The molecule has 18 heavy (non-hydrogen) atoms. The molecule has 1 aliphatic rings. The summed E-state index contributed by atoms with van der Waals surface area (Å²) >= 11 is 0. The van der Waals surface area contributed by atoms with Crippen molar-refractivity contribution in [1.82, 2.24) is 14.9 Å². The fourth-order valence-electron chi connectivity index (χ4n) is 3.09. The second-order valence-electron chi connectivity index (χ2n) is 6.20. The first-order valence-corrected chi connectivity index (χ1v) is 7.27. The summed E-state index contributed by atoms with van der Waals surface area (Å²) in [5.41, 5.74) is 1.28. The van der Waals surface area contributed by atoms with Gasteiger partial charge in [0.1, 0.15) is 0 Å². The van der Waals surface area contributed by atoms with Crippen molar-refractivity contribution in [3.05, 3.63) is 18.2 Å². The van der Waals surface area contributed by atoms with E-state index in [2.05, 4.69) is 35.6 Å². The molecule has 0 aromatic carbocycles. The Balaban J connectivity index is 2.20. The highest BCUT2D eigenvalue weighted by Crippen LogP contribution is 2.34. The van der Waals surface area contributed by atoms with E-state index in [1.54, 1.807) is 0 Å². The first-order chi connectivity index (χ1) is 8.56. The minimum atomic E-state index is -0.0145. The summed E-state index contributed by atoms with van der Waals surface area (Å²) in [6, 6.07) is 0.565. The van der Waals surface area contributed by atoms with Crippen molar-refractivity contribution in [2.24, 2.45) is 5.92 Å². The molecule has 0 radical (unpaired) electrons. The van der Waals surface area contributed by atoms with Gasteiger partial charge in [0.05, 0.1) is 23.8 Å². The topological polar surface area (TPSA) is 29.9 Å². The molecule has 1 unspecified atom stereocenters. The number of hydrogen-bond donors (Lipinski definition) is 1. The fraction of sp³-hybridized carbons (Fsp3) is 0.800. The molecule has 2 rings (SSSR count). The predicted octanol–water partition coefficient (Wildman–Crippen LogP) is 3.48. The molecular weight excluding hydrogens is 222 g/mol. The normalized spacial score (nSPS) is 20.0. The Hall–Kier alpha value is -0.830. The van der Waals surface area contributed by atoms with Gasteiger partial charge in [0.2, 0.25) is 0 Å². The van der Waals surface area contributed by atoms with Crippen LogP contribution in [0.5, 0.6) is 0 Å². The van der Waals surface area contributed by atoms with Crippen molar-refractivity contribution in [2.75, 3.05) is 7.05 Å². The van der Waals surface area contributed by atoms with Crippen LogP contribution < -0.4 is 5.32 Å². The Kier molecular flexibility index (Phi) is 4.10. The number of aromatic nitrogens is 2. The Morgan fingerprint density at radius 2 is 2.00 bits per heavy atom. The van der Waals surface area contributed by atoms with Crippen LogP contribution in [0.25, 0.3) is 0 Å². The van der Waals surface area contributed by atoms with Gasteiger partial charge in [-0.05, 0) is 46.6 Å². The molecule has 1 aliphatic carbocycles. The molecule has 1 N–H and O–H groups in total. The highest BCUT2D eigenvalue weighted by Gasteiger charge is 2.28. The molecule has 0 amide bonds. The quantitative estimate of drug-likeness (QED) is 0.885. The van der Waals surface area contributed by atoms with Crippen LogP contribution in [-0.4, -0.2) is 16.6 Å². The van der Waals surface area contributed by atoms with Crippen LogP contribution in [0.1, 0.15) is 64.6 Å². The van der Waals surface area contributed by atoms with Gasteiger partial charge in [-0.15, -0.1) is 0 Å². The van der Waals surface area contributed by atoms with Crippen LogP contribution in [0.15, 0.2) is 12.5 Å². The van der Waals surface area contributed by atoms with E-state index in [-0.39, 0.29) is 5.54 Å². The van der Waals surface area contributed by atoms with Crippen LogP contribution in [0.4, 0.5) is 0 Å². The van der Waals surface area contributed by atoms with Gasteiger partial charge in [0.15, 0.2) is 0 Å². The van der Waals surface area contributed by atoms with Crippen molar-refractivity contribution < 1.29 is 0 Å². The van der Waals surface area contributed by atoms with Gasteiger partial charge < -0.3 is 9.88 Å². The molecule has 1 aromatic heterocycles. The van der Waals surface area contributed by atoms with Crippen LogP contribution in [-0.2, 0) is 5.54 Å². The highest BCUT2D eigenvalue weighted by molar-refractivity contribution is 5.12. The third kappa shape index (κ3) is 2.61. The van der Waals surface area contributed by atoms with Crippen LogP contribution >= 0.6 is 0 Å². The number of rotatable bonds is 4. The van der Waals surface area contributed by atoms with E-state index >= 15 is 0 Å². The first kappa shape index (κ1) is 13.6. The molecule has 3 nitrogen and oxygen atoms in total. The Bertz CT molecular complexity index is 375. The molecule has 0 aliphatic heterocycles. The highest BCUT2D eigenvalue weighted by atomic mass is 15.1. The van der Waals surface area contributed by atoms with E-state index in [1.807, 2.05) is 19.6 Å². The molecule has 1 aromatic rings. The molecule has 1 heterocycles. The maximum absolute atomic E-state index is 4.38. The monoisotopic (exact) mass is 249 g/mol. The lowest BCUT2D eigenvalue weighted by atomic mass is 9.84. The third-order valence-electron chi connectivity index (χ3n) is 4.70. The van der Waals surface area contributed by atoms with Crippen molar-refractivity contribution in [3.8, 4) is 0 Å². The predicted molar refractivity (Wildman–Crippen MR) is 75.6 cm³/mol. The number of imidazole rings is 1. The summed E-state index contributed by atoms with van der Waals surface area (Å²) < 4.78 is 2.38. The van der Waals surface area contributed by atoms with Crippen LogP contribution in [0, 0.1) is 5.92 Å². The van der Waals surface area contributed by atoms with Gasteiger partial charge in [-0.3, -0.25) is 0 Å². The molecule has 1 atom stereocenters. The van der Waals surface area contributed by atoms with E-state index in [1.165, 1.54) is 37.8 Å². The molecule has 3 heteroatoms. The SMILES string of the molecule is CNC(C)(C)c1cncn1C(C)C1CCCCC1. The van der Waals surface area contributed by atoms with Gasteiger partial charge in [-0.1, -0.05) is 19.3 Å². The van der Waals surface area contributed by atoms with E-state index in [9.17, 15) is 0 Å². The van der Waals surface area contributed by atoms with Gasteiger partial charge in [-0.25, -0.2) is 4.98 Å². The average Bonchev–Trinajstić information content (AvgIpc) is 2.89. The molecule has 0 bridgehead atoms. The second-order valence-corrected chi connectivity index (χ2v) is 6.20. The number of hydrogen-bond acceptors (Lipinski definition) is 2. The van der Waals surface area contributed by atoms with E-state index < -0.39 is 0 Å². The molecule has 1 fully saturated rings. The lowest BCUT2D eigenvalue weighted by molar-refractivity contribution is 0.250. The third-order valence-corrected chi connectivity index (χ3v) is 4.70. The minimum Gasteiger partial charge on any atom is -0.330 e. The average molecular weight is 249 g/mol. The van der Waals surface area contributed by atoms with Crippen molar-refractivity contribution in [3.63, 3.8) is 0 Å². The maximum Gasteiger partial charge on any atom is 0.0951 e. The zero-order valence-corrected chi connectivity index (χ0v) is 12.2. The van der Waals surface area contributed by atoms with Gasteiger partial charge in [0, 0.05) is 6.04 Å². The van der Waals surface area contributed by atoms with E-state index in [0.717, 1.165) is 5.92 Å². The molecule has 0 spiro atoms. The smallest absolute Gasteiger partial charge is 0.0951 e. The summed E-state index contributed by atoms with van der Waals surface area (Å²) in [7, 11) is 2.02. The summed E-state index contributed by atoms with van der Waals surface area (Å²) in [4.78, 5) is 4.38. The fourth-order valence-corrected chi connectivity index (χ4v) is 3.09. The summed E-state index contributed by atoms with van der Waals surface area (Å²) in [5, 5.41) is 3.38. The zero-order valence-electron chi connectivity index (χ0n) is 12.2. The standard InChI is InChI=1S/C15H27N3/c1-12(13-8-6-5-7-9-13)18-11-17-10-14(18)15(2,3)16-4/h10-13,16H,5-9H2,1-4H3. The molecule has 1 saturated carbocycles. The van der Waals surface area contributed by atoms with Gasteiger partial charge >= 0.3 is 0 Å². The largest absolute Gasteiger partial charge is 0.330 e. The summed E-state index contributed by atoms with van der Waals surface area (Å²) in [6.07, 6.45) is 11.0. The lowest BCUT2D eigenvalue weighted by Gasteiger charge is -2.33. The lowest BCUT2D eigenvalue weighted by Crippen LogP contribution is -2.36. The van der Waals surface area contributed by atoms with E-state index in [4.69, 9.17) is 0 Å². The summed E-state index contributed by atoms with van der Waals surface area (Å²) in [5.74, 6) is 0.819. The van der Waals surface area contributed by atoms with Gasteiger partial charge in [-0.2, -0.15) is 0 Å². The van der Waals surface area contributed by atoms with Crippen LogP contribution in [0.3, 0.4) is 0 Å². The molecule has 102 valence electrons. The second kappa shape index (κ2) is 5.43. The van der Waals surface area contributed by atoms with Crippen molar-refractivity contribution in [1.29, 1.82) is 0 Å². The number of nitrogens with zero attached hydrogens (tertiary/aromatic N) is 2. The van der Waals surface area contributed by atoms with Crippen molar-refractivity contribution >= 4 is 0 Å². The zero-order chi connectivity index (χ0) is 13.2. The van der Waals surface area contributed by atoms with Gasteiger partial charge in [0.25, 0.3) is 0 Å². The molecular formula is C15H27N3. The maximum atomic E-state index is 4.38. The Morgan fingerprint density at radius 1 is 1.33 bits per heavy atom. The molecule has 0 saturated heterocycles. The first-order valence-electron chi connectivity index (χ1n) is 7.27.